The number of nitrogens with one attached hydrogen (secondary N) is 1. The van der Waals surface area contributed by atoms with E-state index in [1.165, 1.54) is 16.3 Å². The van der Waals surface area contributed by atoms with Gasteiger partial charge in [-0.25, -0.2) is 0 Å². The molecule has 1 aliphatic rings. The summed E-state index contributed by atoms with van der Waals surface area (Å²) < 4.78 is 0. The molecule has 1 aliphatic heterocycles. The molecule has 4 heteroatoms. The highest BCUT2D eigenvalue weighted by atomic mass is 32.1. The number of fused-ring (bicyclic) bond motifs is 1. The number of carbonyl (C=O) groups is 1. The van der Waals surface area contributed by atoms with Gasteiger partial charge in [0, 0.05) is 30.8 Å². The molecule has 3 rings (SSSR count). The normalized spacial score (nSPS) is 20.1. The van der Waals surface area contributed by atoms with Gasteiger partial charge in [0.15, 0.2) is 0 Å². The van der Waals surface area contributed by atoms with Crippen molar-refractivity contribution in [1.29, 1.82) is 0 Å². The summed E-state index contributed by atoms with van der Waals surface area (Å²) in [5, 5.41) is 6.35. The van der Waals surface area contributed by atoms with Crippen molar-refractivity contribution in [2.75, 3.05) is 19.6 Å². The van der Waals surface area contributed by atoms with Crippen LogP contribution in [0.15, 0.2) is 42.5 Å². The van der Waals surface area contributed by atoms with Crippen molar-refractivity contribution in [3.8, 4) is 0 Å². The van der Waals surface area contributed by atoms with Crippen LogP contribution in [-0.4, -0.2) is 41.7 Å². The van der Waals surface area contributed by atoms with Crippen LogP contribution in [0.3, 0.4) is 0 Å². The van der Waals surface area contributed by atoms with Crippen molar-refractivity contribution in [2.45, 2.75) is 51.3 Å². The lowest BCUT2D eigenvalue weighted by molar-refractivity contribution is -0.133. The Balaban J connectivity index is 1.69. The van der Waals surface area contributed by atoms with Crippen LogP contribution in [0.4, 0.5) is 0 Å². The van der Waals surface area contributed by atoms with Crippen molar-refractivity contribution in [3.05, 3.63) is 48.0 Å². The first-order chi connectivity index (χ1) is 12.8. The average Bonchev–Trinajstić information content (AvgIpc) is 3.01. The van der Waals surface area contributed by atoms with E-state index >= 15 is 0 Å². The van der Waals surface area contributed by atoms with Crippen LogP contribution >= 0.6 is 12.6 Å². The Hall–Kier alpha value is -1.52. The minimum Gasteiger partial charge on any atom is -0.341 e. The predicted molar refractivity (Wildman–Crippen MR) is 117 cm³/mol. The molecule has 146 valence electrons. The summed E-state index contributed by atoms with van der Waals surface area (Å²) in [4.78, 5) is 15.0. The van der Waals surface area contributed by atoms with E-state index in [1.807, 2.05) is 4.90 Å². The molecule has 0 spiro atoms. The maximum Gasteiger partial charge on any atom is 0.223 e. The van der Waals surface area contributed by atoms with Crippen LogP contribution in [0.25, 0.3) is 10.8 Å². The van der Waals surface area contributed by atoms with Gasteiger partial charge < -0.3 is 10.2 Å². The molecule has 1 amide bonds. The molecule has 0 radical (unpaired) electrons. The van der Waals surface area contributed by atoms with Gasteiger partial charge in [0.25, 0.3) is 0 Å². The lowest BCUT2D eigenvalue weighted by atomic mass is 9.91. The molecule has 27 heavy (non-hydrogen) atoms. The van der Waals surface area contributed by atoms with E-state index in [1.54, 1.807) is 0 Å². The molecule has 3 nitrogen and oxygen atoms in total. The highest BCUT2D eigenvalue weighted by molar-refractivity contribution is 7.81. The zero-order chi connectivity index (χ0) is 19.4. The van der Waals surface area contributed by atoms with Crippen molar-refractivity contribution >= 4 is 29.3 Å². The average molecular weight is 385 g/mol. The number of nitrogens with zero attached hydrogens (tertiary/aromatic N) is 1. The van der Waals surface area contributed by atoms with E-state index in [-0.39, 0.29) is 17.4 Å². The van der Waals surface area contributed by atoms with Crippen LogP contribution in [0, 0.1) is 5.41 Å². The fourth-order valence-corrected chi connectivity index (χ4v) is 4.05. The molecule has 0 aliphatic carbocycles. The van der Waals surface area contributed by atoms with Gasteiger partial charge in [0.2, 0.25) is 5.91 Å². The van der Waals surface area contributed by atoms with Gasteiger partial charge in [0.05, 0.1) is 0 Å². The fraction of sp³-hybridized carbons (Fsp3) is 0.522. The summed E-state index contributed by atoms with van der Waals surface area (Å²) in [6.45, 7) is 8.87. The molecule has 0 saturated carbocycles. The van der Waals surface area contributed by atoms with Gasteiger partial charge in [-0.3, -0.25) is 4.79 Å². The second-order valence-electron chi connectivity index (χ2n) is 8.93. The number of carbonyl (C=O) groups excluding carboxylic acids is 1. The van der Waals surface area contributed by atoms with Crippen molar-refractivity contribution in [3.63, 3.8) is 0 Å². The van der Waals surface area contributed by atoms with Gasteiger partial charge in [-0.2, -0.15) is 12.6 Å². The summed E-state index contributed by atoms with van der Waals surface area (Å²) in [7, 11) is 0. The Morgan fingerprint density at radius 2 is 1.93 bits per heavy atom. The van der Waals surface area contributed by atoms with Gasteiger partial charge >= 0.3 is 0 Å². The Morgan fingerprint density at radius 3 is 2.59 bits per heavy atom. The van der Waals surface area contributed by atoms with E-state index < -0.39 is 0 Å². The Kier molecular flexibility index (Phi) is 6.48. The summed E-state index contributed by atoms with van der Waals surface area (Å²) in [6, 6.07) is 15.3. The van der Waals surface area contributed by atoms with E-state index in [0.717, 1.165) is 32.5 Å². The van der Waals surface area contributed by atoms with E-state index in [9.17, 15) is 4.79 Å². The second kappa shape index (κ2) is 8.66. The summed E-state index contributed by atoms with van der Waals surface area (Å²) in [6.07, 6.45) is 2.53. The van der Waals surface area contributed by atoms with Gasteiger partial charge in [0.1, 0.15) is 0 Å². The predicted octanol–water partition coefficient (Wildman–Crippen LogP) is 4.31. The first-order valence-corrected chi connectivity index (χ1v) is 10.5. The van der Waals surface area contributed by atoms with Crippen molar-refractivity contribution < 1.29 is 4.79 Å². The first-order valence-electron chi connectivity index (χ1n) is 9.99. The fourth-order valence-electron chi connectivity index (χ4n) is 3.72. The van der Waals surface area contributed by atoms with Crippen LogP contribution in [0.2, 0.25) is 0 Å². The monoisotopic (exact) mass is 384 g/mol. The number of hydrogen-bond donors (Lipinski definition) is 2. The molecular weight excluding hydrogens is 352 g/mol. The lowest BCUT2D eigenvalue weighted by Crippen LogP contribution is -2.45. The summed E-state index contributed by atoms with van der Waals surface area (Å²) >= 11 is 4.69. The Bertz CT molecular complexity index is 783. The van der Waals surface area contributed by atoms with Crippen LogP contribution in [0.5, 0.6) is 0 Å². The highest BCUT2D eigenvalue weighted by Gasteiger charge is 2.29. The van der Waals surface area contributed by atoms with E-state index in [0.29, 0.717) is 11.7 Å². The number of thiol groups is 1. The van der Waals surface area contributed by atoms with Crippen LogP contribution < -0.4 is 5.32 Å². The summed E-state index contributed by atoms with van der Waals surface area (Å²) in [5.41, 5.74) is 1.28. The smallest absolute Gasteiger partial charge is 0.223 e. The zero-order valence-corrected chi connectivity index (χ0v) is 17.6. The molecule has 2 aromatic carbocycles. The van der Waals surface area contributed by atoms with Crippen molar-refractivity contribution in [2.24, 2.45) is 5.41 Å². The van der Waals surface area contributed by atoms with Gasteiger partial charge in [-0.05, 0) is 41.1 Å². The SMILES string of the molecule is CC(C)(C)CC(=O)N(CCc1ccc2ccccc2c1)CC1NCCC1S. The molecule has 2 atom stereocenters. The number of hydrogen-bond acceptors (Lipinski definition) is 3. The molecule has 2 aromatic rings. The highest BCUT2D eigenvalue weighted by Crippen LogP contribution is 2.22. The molecule has 1 N–H and O–H groups in total. The van der Waals surface area contributed by atoms with Gasteiger partial charge in [-0.1, -0.05) is 63.2 Å². The third-order valence-electron chi connectivity index (χ3n) is 5.25. The molecule has 1 heterocycles. The zero-order valence-electron chi connectivity index (χ0n) is 16.7. The molecule has 0 bridgehead atoms. The molecule has 2 unspecified atom stereocenters. The van der Waals surface area contributed by atoms with E-state index in [4.69, 9.17) is 12.6 Å². The molecule has 1 fully saturated rings. The number of benzene rings is 2. The first kappa shape index (κ1) is 20.2. The number of rotatable bonds is 6. The largest absolute Gasteiger partial charge is 0.341 e. The van der Waals surface area contributed by atoms with Crippen LogP contribution in [0.1, 0.15) is 39.2 Å². The maximum absolute atomic E-state index is 13.0. The maximum atomic E-state index is 13.0. The molecule has 1 saturated heterocycles. The quantitative estimate of drug-likeness (QED) is 0.728. The van der Waals surface area contributed by atoms with Crippen LogP contribution in [-0.2, 0) is 11.2 Å². The minimum absolute atomic E-state index is 0.00174. The lowest BCUT2D eigenvalue weighted by Gasteiger charge is -2.30. The van der Waals surface area contributed by atoms with Crippen molar-refractivity contribution in [1.82, 2.24) is 10.2 Å². The van der Waals surface area contributed by atoms with E-state index in [2.05, 4.69) is 68.6 Å². The van der Waals surface area contributed by atoms with Gasteiger partial charge in [-0.15, -0.1) is 0 Å². The summed E-state index contributed by atoms with van der Waals surface area (Å²) in [5.74, 6) is 0.248. The molecular formula is C23H32N2OS. The standard InChI is InChI=1S/C23H32N2OS/c1-23(2,3)15-22(26)25(16-20-21(27)10-12-24-20)13-11-17-8-9-18-6-4-5-7-19(18)14-17/h4-9,14,20-21,24,27H,10-13,15-16H2,1-3H3. The topological polar surface area (TPSA) is 32.3 Å². The minimum atomic E-state index is 0.00174. The third-order valence-corrected chi connectivity index (χ3v) is 5.86. The molecule has 0 aromatic heterocycles. The number of amides is 1. The second-order valence-corrected chi connectivity index (χ2v) is 9.59. The third kappa shape index (κ3) is 5.73. The Labute approximate surface area is 168 Å². The Morgan fingerprint density at radius 1 is 1.19 bits per heavy atom.